The summed E-state index contributed by atoms with van der Waals surface area (Å²) in [5, 5.41) is 1.20. The molecular weight excluding hydrogens is 308 g/mol. The Balaban J connectivity index is 1.59. The van der Waals surface area contributed by atoms with Gasteiger partial charge in [-0.3, -0.25) is 4.79 Å². The summed E-state index contributed by atoms with van der Waals surface area (Å²) in [4.78, 5) is 18.2. The van der Waals surface area contributed by atoms with E-state index in [0.717, 1.165) is 24.8 Å². The third-order valence-electron chi connectivity index (χ3n) is 5.23. The lowest BCUT2D eigenvalue weighted by atomic mass is 10.1. The van der Waals surface area contributed by atoms with Gasteiger partial charge in [-0.15, -0.1) is 0 Å². The summed E-state index contributed by atoms with van der Waals surface area (Å²) in [5.74, 6) is 0.273. The Morgan fingerprint density at radius 2 is 1.88 bits per heavy atom. The molecule has 25 heavy (non-hydrogen) atoms. The van der Waals surface area contributed by atoms with E-state index in [0.29, 0.717) is 13.0 Å². The monoisotopic (exact) mass is 332 g/mol. The maximum Gasteiger partial charge on any atom is 0.223 e. The first-order valence-electron chi connectivity index (χ1n) is 9.17. The number of carbonyl (C=O) groups excluding carboxylic acids is 1. The van der Waals surface area contributed by atoms with Crippen LogP contribution in [0.3, 0.4) is 0 Å². The highest BCUT2D eigenvalue weighted by molar-refractivity contribution is 5.80. The van der Waals surface area contributed by atoms with Gasteiger partial charge in [0, 0.05) is 30.7 Å². The van der Waals surface area contributed by atoms with Crippen LogP contribution in [0.4, 0.5) is 0 Å². The summed E-state index contributed by atoms with van der Waals surface area (Å²) >= 11 is 0. The highest BCUT2D eigenvalue weighted by atomic mass is 16.2. The number of benzene rings is 2. The average Bonchev–Trinajstić information content (AvgIpc) is 3.25. The van der Waals surface area contributed by atoms with Crippen LogP contribution in [0.2, 0.25) is 0 Å². The smallest absolute Gasteiger partial charge is 0.223 e. The number of H-pyrrole nitrogens is 1. The second-order valence-electron chi connectivity index (χ2n) is 7.00. The third kappa shape index (κ3) is 3.19. The standard InChI is InChI=1S/C22H24N2O/c1-2-5-22(25)24(20-13-17-6-3-4-7-18(17)14-20)15-16-8-9-21-19(12-16)10-11-23-21/h3-4,6-12,20,23H,2,5,13-15H2,1H3. The number of rotatable bonds is 5. The van der Waals surface area contributed by atoms with E-state index in [-0.39, 0.29) is 11.9 Å². The van der Waals surface area contributed by atoms with E-state index in [2.05, 4.69) is 65.3 Å². The number of nitrogens with one attached hydrogen (secondary N) is 1. The minimum Gasteiger partial charge on any atom is -0.361 e. The Morgan fingerprint density at radius 3 is 2.60 bits per heavy atom. The Hall–Kier alpha value is -2.55. The first-order chi connectivity index (χ1) is 12.2. The van der Waals surface area contributed by atoms with Crippen LogP contribution in [-0.2, 0) is 24.2 Å². The second kappa shape index (κ2) is 6.75. The van der Waals surface area contributed by atoms with Crippen LogP contribution >= 0.6 is 0 Å². The normalized spacial score (nSPS) is 14.0. The molecule has 1 amide bonds. The molecule has 3 aromatic rings. The van der Waals surface area contributed by atoms with E-state index >= 15 is 0 Å². The van der Waals surface area contributed by atoms with E-state index < -0.39 is 0 Å². The Bertz CT molecular complexity index is 871. The molecule has 1 aliphatic carbocycles. The SMILES string of the molecule is CCCC(=O)N(Cc1ccc2[nH]ccc2c1)C1Cc2ccccc2C1. The molecule has 1 heterocycles. The summed E-state index contributed by atoms with van der Waals surface area (Å²) in [5.41, 5.74) is 5.13. The van der Waals surface area contributed by atoms with Crippen molar-refractivity contribution in [1.29, 1.82) is 0 Å². The van der Waals surface area contributed by atoms with Crippen molar-refractivity contribution in [2.24, 2.45) is 0 Å². The number of carbonyl (C=O) groups is 1. The van der Waals surface area contributed by atoms with Gasteiger partial charge in [0.25, 0.3) is 0 Å². The number of hydrogen-bond acceptors (Lipinski definition) is 1. The molecule has 0 saturated heterocycles. The molecule has 1 N–H and O–H groups in total. The molecule has 0 unspecified atom stereocenters. The van der Waals surface area contributed by atoms with E-state index in [1.165, 1.54) is 22.1 Å². The van der Waals surface area contributed by atoms with E-state index in [1.54, 1.807) is 0 Å². The number of fused-ring (bicyclic) bond motifs is 2. The Morgan fingerprint density at radius 1 is 1.12 bits per heavy atom. The number of aromatic nitrogens is 1. The van der Waals surface area contributed by atoms with Crippen molar-refractivity contribution in [1.82, 2.24) is 9.88 Å². The molecule has 4 rings (SSSR count). The Labute approximate surface area is 148 Å². The lowest BCUT2D eigenvalue weighted by molar-refractivity contribution is -0.134. The highest BCUT2D eigenvalue weighted by Gasteiger charge is 2.29. The van der Waals surface area contributed by atoms with Gasteiger partial charge < -0.3 is 9.88 Å². The van der Waals surface area contributed by atoms with Crippen LogP contribution < -0.4 is 0 Å². The van der Waals surface area contributed by atoms with Gasteiger partial charge in [-0.25, -0.2) is 0 Å². The molecule has 128 valence electrons. The van der Waals surface area contributed by atoms with Crippen LogP contribution in [0.5, 0.6) is 0 Å². The summed E-state index contributed by atoms with van der Waals surface area (Å²) in [6, 6.07) is 17.4. The summed E-state index contributed by atoms with van der Waals surface area (Å²) in [7, 11) is 0. The van der Waals surface area contributed by atoms with Crippen LogP contribution in [0, 0.1) is 0 Å². The molecule has 0 atom stereocenters. The summed E-state index contributed by atoms with van der Waals surface area (Å²) < 4.78 is 0. The number of amides is 1. The van der Waals surface area contributed by atoms with Crippen LogP contribution in [0.25, 0.3) is 10.9 Å². The van der Waals surface area contributed by atoms with E-state index in [9.17, 15) is 4.79 Å². The fraction of sp³-hybridized carbons (Fsp3) is 0.318. The topological polar surface area (TPSA) is 36.1 Å². The molecule has 3 heteroatoms. The summed E-state index contributed by atoms with van der Waals surface area (Å²) in [6.45, 7) is 2.77. The maximum atomic E-state index is 12.8. The molecule has 0 saturated carbocycles. The van der Waals surface area contributed by atoms with Gasteiger partial charge in [0.05, 0.1) is 0 Å². The summed E-state index contributed by atoms with van der Waals surface area (Å²) in [6.07, 6.45) is 5.42. The lowest BCUT2D eigenvalue weighted by Crippen LogP contribution is -2.40. The van der Waals surface area contributed by atoms with Crippen molar-refractivity contribution < 1.29 is 4.79 Å². The fourth-order valence-corrected chi connectivity index (χ4v) is 3.93. The van der Waals surface area contributed by atoms with Crippen molar-refractivity contribution >= 4 is 16.8 Å². The minimum absolute atomic E-state index is 0.273. The molecule has 1 aliphatic rings. The highest BCUT2D eigenvalue weighted by Crippen LogP contribution is 2.27. The number of aromatic amines is 1. The minimum atomic E-state index is 0.273. The van der Waals surface area contributed by atoms with Crippen LogP contribution in [-0.4, -0.2) is 21.8 Å². The first kappa shape index (κ1) is 15.9. The zero-order valence-corrected chi connectivity index (χ0v) is 14.7. The zero-order valence-electron chi connectivity index (χ0n) is 14.7. The van der Waals surface area contributed by atoms with Gasteiger partial charge in [0.1, 0.15) is 0 Å². The van der Waals surface area contributed by atoms with Crippen LogP contribution in [0.15, 0.2) is 54.7 Å². The fourth-order valence-electron chi connectivity index (χ4n) is 3.93. The lowest BCUT2D eigenvalue weighted by Gasteiger charge is -2.29. The maximum absolute atomic E-state index is 12.8. The largest absolute Gasteiger partial charge is 0.361 e. The zero-order chi connectivity index (χ0) is 17.2. The Kier molecular flexibility index (Phi) is 4.31. The molecule has 3 nitrogen and oxygen atoms in total. The van der Waals surface area contributed by atoms with Crippen molar-refractivity contribution in [3.63, 3.8) is 0 Å². The van der Waals surface area contributed by atoms with Crippen molar-refractivity contribution in [3.8, 4) is 0 Å². The number of nitrogens with zero attached hydrogens (tertiary/aromatic N) is 1. The van der Waals surface area contributed by atoms with Gasteiger partial charge >= 0.3 is 0 Å². The van der Waals surface area contributed by atoms with Gasteiger partial charge in [-0.2, -0.15) is 0 Å². The van der Waals surface area contributed by atoms with Gasteiger partial charge in [-0.1, -0.05) is 37.3 Å². The first-order valence-corrected chi connectivity index (χ1v) is 9.17. The molecule has 0 radical (unpaired) electrons. The van der Waals surface area contributed by atoms with Gasteiger partial charge in [0.15, 0.2) is 0 Å². The average molecular weight is 332 g/mol. The molecule has 0 fully saturated rings. The van der Waals surface area contributed by atoms with Crippen molar-refractivity contribution in [3.05, 3.63) is 71.4 Å². The van der Waals surface area contributed by atoms with E-state index in [4.69, 9.17) is 0 Å². The molecular formula is C22H24N2O. The van der Waals surface area contributed by atoms with Crippen LogP contribution in [0.1, 0.15) is 36.5 Å². The number of hydrogen-bond donors (Lipinski definition) is 1. The molecule has 0 spiro atoms. The van der Waals surface area contributed by atoms with E-state index in [1.807, 2.05) is 6.20 Å². The predicted molar refractivity (Wildman–Crippen MR) is 101 cm³/mol. The second-order valence-corrected chi connectivity index (χ2v) is 7.00. The van der Waals surface area contributed by atoms with Crippen molar-refractivity contribution in [2.45, 2.75) is 45.2 Å². The molecule has 0 bridgehead atoms. The predicted octanol–water partition coefficient (Wildman–Crippen LogP) is 4.46. The molecule has 1 aromatic heterocycles. The van der Waals surface area contributed by atoms with Crippen molar-refractivity contribution in [2.75, 3.05) is 0 Å². The van der Waals surface area contributed by atoms with Gasteiger partial charge in [-0.05, 0) is 59.5 Å². The molecule has 2 aromatic carbocycles. The quantitative estimate of drug-likeness (QED) is 0.735. The molecule has 0 aliphatic heterocycles. The van der Waals surface area contributed by atoms with Gasteiger partial charge in [0.2, 0.25) is 5.91 Å². The third-order valence-corrected chi connectivity index (χ3v) is 5.23.